The van der Waals surface area contributed by atoms with E-state index in [-0.39, 0.29) is 0 Å². The molecule has 1 aliphatic heterocycles. The average Bonchev–Trinajstić information content (AvgIpc) is 2.31. The molecule has 5 nitrogen and oxygen atoms in total. The number of nitrogens with zero attached hydrogens (tertiary/aromatic N) is 3. The molecule has 0 unspecified atom stereocenters. The van der Waals surface area contributed by atoms with Gasteiger partial charge in [-0.2, -0.15) is 4.98 Å². The molecule has 0 spiro atoms. The van der Waals surface area contributed by atoms with Crippen molar-refractivity contribution < 1.29 is 4.74 Å². The molecule has 0 aromatic carbocycles. The van der Waals surface area contributed by atoms with E-state index in [4.69, 9.17) is 10.5 Å². The predicted molar refractivity (Wildman–Crippen MR) is 72.8 cm³/mol. The molecule has 1 fully saturated rings. The van der Waals surface area contributed by atoms with Crippen molar-refractivity contribution in [3.05, 3.63) is 6.33 Å². The van der Waals surface area contributed by atoms with E-state index < -0.39 is 0 Å². The van der Waals surface area contributed by atoms with Gasteiger partial charge < -0.3 is 15.4 Å². The third kappa shape index (κ3) is 2.66. The van der Waals surface area contributed by atoms with E-state index in [0.717, 1.165) is 18.9 Å². The first-order chi connectivity index (χ1) is 8.53. The lowest BCUT2D eigenvalue weighted by Crippen LogP contribution is -2.40. The Labute approximate surface area is 108 Å². The summed E-state index contributed by atoms with van der Waals surface area (Å²) in [7, 11) is 0. The normalized spacial score (nSPS) is 18.7. The molecule has 0 aliphatic carbocycles. The maximum Gasteiger partial charge on any atom is 0.242 e. The molecule has 2 heterocycles. The van der Waals surface area contributed by atoms with Crippen molar-refractivity contribution in [2.75, 3.05) is 30.3 Å². The van der Waals surface area contributed by atoms with E-state index in [0.29, 0.717) is 23.6 Å². The average molecular weight is 250 g/mol. The van der Waals surface area contributed by atoms with Crippen LogP contribution in [0.4, 0.5) is 11.5 Å². The molecule has 0 atom stereocenters. The van der Waals surface area contributed by atoms with E-state index >= 15 is 0 Å². The zero-order chi connectivity index (χ0) is 13.2. The summed E-state index contributed by atoms with van der Waals surface area (Å²) in [5, 5.41) is 0. The molecule has 1 aromatic rings. The quantitative estimate of drug-likeness (QED) is 0.889. The topological polar surface area (TPSA) is 64.3 Å². The zero-order valence-electron chi connectivity index (χ0n) is 11.4. The summed E-state index contributed by atoms with van der Waals surface area (Å²) in [6.07, 6.45) is 3.94. The highest BCUT2D eigenvalue weighted by atomic mass is 16.5. The Kier molecular flexibility index (Phi) is 3.59. The second kappa shape index (κ2) is 5.00. The standard InChI is InChI=1S/C13H22N4O/c1-4-18-12-10(14)11(15-9-16-12)17-7-5-6-13(2,3)8-17/h9H,4-8,14H2,1-3H3. The third-order valence-electron chi connectivity index (χ3n) is 3.31. The molecule has 0 saturated carbocycles. The molecule has 18 heavy (non-hydrogen) atoms. The number of piperidine rings is 1. The summed E-state index contributed by atoms with van der Waals surface area (Å²) in [5.41, 5.74) is 6.96. The fourth-order valence-corrected chi connectivity index (χ4v) is 2.48. The van der Waals surface area contributed by atoms with Gasteiger partial charge in [0.15, 0.2) is 5.82 Å². The molecular weight excluding hydrogens is 228 g/mol. The third-order valence-corrected chi connectivity index (χ3v) is 3.31. The van der Waals surface area contributed by atoms with Gasteiger partial charge in [0.1, 0.15) is 12.0 Å². The van der Waals surface area contributed by atoms with Crippen LogP contribution in [-0.4, -0.2) is 29.7 Å². The molecule has 0 radical (unpaired) electrons. The van der Waals surface area contributed by atoms with Crippen LogP contribution in [0.15, 0.2) is 6.33 Å². The minimum absolute atomic E-state index is 0.307. The van der Waals surface area contributed by atoms with Crippen molar-refractivity contribution >= 4 is 11.5 Å². The molecule has 2 rings (SSSR count). The highest BCUT2D eigenvalue weighted by Crippen LogP contribution is 2.35. The van der Waals surface area contributed by atoms with E-state index in [1.165, 1.54) is 19.2 Å². The number of hydrogen-bond acceptors (Lipinski definition) is 5. The van der Waals surface area contributed by atoms with Crippen LogP contribution >= 0.6 is 0 Å². The lowest BCUT2D eigenvalue weighted by Gasteiger charge is -2.39. The van der Waals surface area contributed by atoms with Gasteiger partial charge in [-0.25, -0.2) is 4.98 Å². The highest BCUT2D eigenvalue weighted by Gasteiger charge is 2.28. The minimum Gasteiger partial charge on any atom is -0.476 e. The van der Waals surface area contributed by atoms with Gasteiger partial charge in [0.05, 0.1) is 6.61 Å². The summed E-state index contributed by atoms with van der Waals surface area (Å²) in [5.74, 6) is 1.30. The van der Waals surface area contributed by atoms with Gasteiger partial charge in [0.2, 0.25) is 5.88 Å². The highest BCUT2D eigenvalue weighted by molar-refractivity contribution is 5.67. The van der Waals surface area contributed by atoms with Crippen LogP contribution in [0, 0.1) is 5.41 Å². The number of rotatable bonds is 3. The number of nitrogens with two attached hydrogens (primary N) is 1. The Balaban J connectivity index is 2.25. The summed E-state index contributed by atoms with van der Waals surface area (Å²) in [6, 6.07) is 0. The Morgan fingerprint density at radius 3 is 2.89 bits per heavy atom. The first kappa shape index (κ1) is 12.9. The summed E-state index contributed by atoms with van der Waals surface area (Å²) in [6.45, 7) is 9.01. The van der Waals surface area contributed by atoms with E-state index in [1.54, 1.807) is 0 Å². The largest absolute Gasteiger partial charge is 0.476 e. The fourth-order valence-electron chi connectivity index (χ4n) is 2.48. The minimum atomic E-state index is 0.307. The summed E-state index contributed by atoms with van der Waals surface area (Å²) < 4.78 is 5.42. The molecule has 0 bridgehead atoms. The zero-order valence-corrected chi connectivity index (χ0v) is 11.4. The van der Waals surface area contributed by atoms with E-state index in [9.17, 15) is 0 Å². The SMILES string of the molecule is CCOc1ncnc(N2CCCC(C)(C)C2)c1N. The number of ether oxygens (including phenoxy) is 1. The molecule has 100 valence electrons. The Morgan fingerprint density at radius 1 is 1.44 bits per heavy atom. The second-order valence-electron chi connectivity index (χ2n) is 5.54. The smallest absolute Gasteiger partial charge is 0.242 e. The molecule has 0 amide bonds. The van der Waals surface area contributed by atoms with Gasteiger partial charge in [-0.05, 0) is 25.2 Å². The first-order valence-electron chi connectivity index (χ1n) is 6.52. The van der Waals surface area contributed by atoms with Gasteiger partial charge in [-0.15, -0.1) is 0 Å². The van der Waals surface area contributed by atoms with Crippen LogP contribution in [0.25, 0.3) is 0 Å². The van der Waals surface area contributed by atoms with Crippen molar-refractivity contribution in [2.45, 2.75) is 33.6 Å². The molecule has 5 heteroatoms. The van der Waals surface area contributed by atoms with Crippen LogP contribution in [0.3, 0.4) is 0 Å². The van der Waals surface area contributed by atoms with Crippen molar-refractivity contribution in [2.24, 2.45) is 5.41 Å². The lowest BCUT2D eigenvalue weighted by molar-refractivity contribution is 0.291. The number of hydrogen-bond donors (Lipinski definition) is 1. The lowest BCUT2D eigenvalue weighted by atomic mass is 9.84. The number of anilines is 2. The molecular formula is C13H22N4O. The summed E-state index contributed by atoms with van der Waals surface area (Å²) >= 11 is 0. The van der Waals surface area contributed by atoms with Gasteiger partial charge in [-0.1, -0.05) is 13.8 Å². The summed E-state index contributed by atoms with van der Waals surface area (Å²) in [4.78, 5) is 10.6. The molecule has 2 N–H and O–H groups in total. The Bertz CT molecular complexity index is 419. The van der Waals surface area contributed by atoms with Crippen LogP contribution in [0.1, 0.15) is 33.6 Å². The maximum absolute atomic E-state index is 6.10. The van der Waals surface area contributed by atoms with Crippen LogP contribution in [0.2, 0.25) is 0 Å². The van der Waals surface area contributed by atoms with Crippen LogP contribution < -0.4 is 15.4 Å². The van der Waals surface area contributed by atoms with Crippen molar-refractivity contribution in [3.8, 4) is 5.88 Å². The fraction of sp³-hybridized carbons (Fsp3) is 0.692. The van der Waals surface area contributed by atoms with Gasteiger partial charge in [0, 0.05) is 13.1 Å². The number of nitrogen functional groups attached to an aromatic ring is 1. The maximum atomic E-state index is 6.10. The Hall–Kier alpha value is -1.52. The van der Waals surface area contributed by atoms with Crippen molar-refractivity contribution in [3.63, 3.8) is 0 Å². The monoisotopic (exact) mass is 250 g/mol. The van der Waals surface area contributed by atoms with Crippen molar-refractivity contribution in [1.29, 1.82) is 0 Å². The Morgan fingerprint density at radius 2 is 2.22 bits per heavy atom. The molecule has 1 saturated heterocycles. The van der Waals surface area contributed by atoms with Gasteiger partial charge in [-0.3, -0.25) is 0 Å². The van der Waals surface area contributed by atoms with Gasteiger partial charge in [0.25, 0.3) is 0 Å². The van der Waals surface area contributed by atoms with Crippen LogP contribution in [0.5, 0.6) is 5.88 Å². The van der Waals surface area contributed by atoms with Crippen LogP contribution in [-0.2, 0) is 0 Å². The van der Waals surface area contributed by atoms with Crippen molar-refractivity contribution in [1.82, 2.24) is 9.97 Å². The first-order valence-corrected chi connectivity index (χ1v) is 6.52. The van der Waals surface area contributed by atoms with E-state index in [2.05, 4.69) is 28.7 Å². The molecule has 1 aromatic heterocycles. The second-order valence-corrected chi connectivity index (χ2v) is 5.54. The van der Waals surface area contributed by atoms with E-state index in [1.807, 2.05) is 6.92 Å². The van der Waals surface area contributed by atoms with Gasteiger partial charge >= 0.3 is 0 Å². The molecule has 1 aliphatic rings. The predicted octanol–water partition coefficient (Wildman–Crippen LogP) is 2.08. The number of aromatic nitrogens is 2.